The van der Waals surface area contributed by atoms with Crippen LogP contribution in [0.1, 0.15) is 49.0 Å². The standard InChI is InChI=1S/C16H22N4O3S2/c1-10(2)15-18-19-16(24-15)17-14(21)12-7-6-8-13(9-12)25(22,23)20(5)11(3)4/h6-11H,1-5H3,(H,17,19,21). The van der Waals surface area contributed by atoms with Crippen LogP contribution in [0.4, 0.5) is 5.13 Å². The monoisotopic (exact) mass is 382 g/mol. The topological polar surface area (TPSA) is 92.3 Å². The zero-order valence-corrected chi connectivity index (χ0v) is 16.5. The number of nitrogens with zero attached hydrogens (tertiary/aromatic N) is 3. The molecule has 0 aliphatic rings. The van der Waals surface area contributed by atoms with Gasteiger partial charge < -0.3 is 0 Å². The number of benzene rings is 1. The average molecular weight is 383 g/mol. The largest absolute Gasteiger partial charge is 0.296 e. The van der Waals surface area contributed by atoms with Crippen molar-refractivity contribution in [2.75, 3.05) is 12.4 Å². The Morgan fingerprint density at radius 2 is 1.88 bits per heavy atom. The molecule has 1 amide bonds. The fourth-order valence-corrected chi connectivity index (χ4v) is 4.08. The van der Waals surface area contributed by atoms with E-state index in [4.69, 9.17) is 0 Å². The van der Waals surface area contributed by atoms with Crippen molar-refractivity contribution in [2.45, 2.75) is 44.6 Å². The second kappa shape index (κ2) is 7.59. The van der Waals surface area contributed by atoms with Crippen LogP contribution in [0.3, 0.4) is 0 Å². The molecule has 0 aliphatic carbocycles. The van der Waals surface area contributed by atoms with Crippen LogP contribution in [-0.4, -0.2) is 41.9 Å². The Morgan fingerprint density at radius 3 is 2.44 bits per heavy atom. The van der Waals surface area contributed by atoms with E-state index >= 15 is 0 Å². The van der Waals surface area contributed by atoms with E-state index in [9.17, 15) is 13.2 Å². The summed E-state index contributed by atoms with van der Waals surface area (Å²) in [6.07, 6.45) is 0. The molecule has 136 valence electrons. The van der Waals surface area contributed by atoms with Crippen LogP contribution in [-0.2, 0) is 10.0 Å². The number of sulfonamides is 1. The van der Waals surface area contributed by atoms with Gasteiger partial charge in [0.2, 0.25) is 15.2 Å². The molecule has 0 atom stereocenters. The third-order valence-electron chi connectivity index (χ3n) is 3.66. The maximum atomic E-state index is 12.6. The molecule has 0 unspecified atom stereocenters. The van der Waals surface area contributed by atoms with Gasteiger partial charge in [0, 0.05) is 24.6 Å². The lowest BCUT2D eigenvalue weighted by Crippen LogP contribution is -2.33. The summed E-state index contributed by atoms with van der Waals surface area (Å²) in [6, 6.07) is 5.78. The van der Waals surface area contributed by atoms with E-state index in [1.165, 1.54) is 34.8 Å². The normalized spacial score (nSPS) is 12.2. The van der Waals surface area contributed by atoms with Crippen molar-refractivity contribution in [1.82, 2.24) is 14.5 Å². The van der Waals surface area contributed by atoms with Crippen molar-refractivity contribution in [3.05, 3.63) is 34.8 Å². The number of hydrogen-bond acceptors (Lipinski definition) is 6. The van der Waals surface area contributed by atoms with Crippen LogP contribution >= 0.6 is 11.3 Å². The first-order valence-corrected chi connectivity index (χ1v) is 10.1. The minimum Gasteiger partial charge on any atom is -0.296 e. The molecule has 1 N–H and O–H groups in total. The van der Waals surface area contributed by atoms with Crippen molar-refractivity contribution >= 4 is 32.4 Å². The van der Waals surface area contributed by atoms with Gasteiger partial charge >= 0.3 is 0 Å². The molecule has 1 heterocycles. The van der Waals surface area contributed by atoms with Crippen LogP contribution in [0, 0.1) is 0 Å². The number of rotatable bonds is 6. The van der Waals surface area contributed by atoms with Crippen LogP contribution < -0.4 is 5.32 Å². The van der Waals surface area contributed by atoms with Gasteiger partial charge in [-0.25, -0.2) is 8.42 Å². The number of nitrogens with one attached hydrogen (secondary N) is 1. The van der Waals surface area contributed by atoms with Crippen molar-refractivity contribution in [3.63, 3.8) is 0 Å². The third-order valence-corrected chi connectivity index (χ3v) is 6.82. The Labute approximate surface area is 152 Å². The van der Waals surface area contributed by atoms with E-state index in [1.54, 1.807) is 26.0 Å². The first-order chi connectivity index (χ1) is 11.6. The maximum Gasteiger partial charge on any atom is 0.257 e. The zero-order valence-electron chi connectivity index (χ0n) is 14.8. The highest BCUT2D eigenvalue weighted by Gasteiger charge is 2.24. The fraction of sp³-hybridized carbons (Fsp3) is 0.438. The summed E-state index contributed by atoms with van der Waals surface area (Å²) in [5.74, 6) is -0.195. The summed E-state index contributed by atoms with van der Waals surface area (Å²) >= 11 is 1.30. The van der Waals surface area contributed by atoms with E-state index in [0.717, 1.165) is 5.01 Å². The van der Waals surface area contributed by atoms with Gasteiger partial charge in [-0.15, -0.1) is 10.2 Å². The minimum atomic E-state index is -3.65. The Bertz CT molecular complexity index is 860. The second-order valence-electron chi connectivity index (χ2n) is 6.20. The summed E-state index contributed by atoms with van der Waals surface area (Å²) in [6.45, 7) is 7.56. The SMILES string of the molecule is CC(C)c1nnc(NC(=O)c2cccc(S(=O)(=O)N(C)C(C)C)c2)s1. The minimum absolute atomic E-state index is 0.0801. The summed E-state index contributed by atoms with van der Waals surface area (Å²) in [7, 11) is -2.13. The van der Waals surface area contributed by atoms with Crippen molar-refractivity contribution in [2.24, 2.45) is 0 Å². The van der Waals surface area contributed by atoms with Gasteiger partial charge in [-0.3, -0.25) is 10.1 Å². The highest BCUT2D eigenvalue weighted by Crippen LogP contribution is 2.23. The Balaban J connectivity index is 2.24. The number of carbonyl (C=O) groups excluding carboxylic acids is 1. The van der Waals surface area contributed by atoms with Gasteiger partial charge in [0.15, 0.2) is 0 Å². The molecule has 0 saturated carbocycles. The van der Waals surface area contributed by atoms with Crippen LogP contribution in [0.25, 0.3) is 0 Å². The van der Waals surface area contributed by atoms with Gasteiger partial charge in [0.1, 0.15) is 5.01 Å². The van der Waals surface area contributed by atoms with Crippen LogP contribution in [0.2, 0.25) is 0 Å². The lowest BCUT2D eigenvalue weighted by Gasteiger charge is -2.21. The van der Waals surface area contributed by atoms with E-state index in [-0.39, 0.29) is 22.4 Å². The Hall–Kier alpha value is -1.84. The summed E-state index contributed by atoms with van der Waals surface area (Å²) in [5.41, 5.74) is 0.250. The first-order valence-electron chi connectivity index (χ1n) is 7.85. The van der Waals surface area contributed by atoms with Gasteiger partial charge in [-0.1, -0.05) is 31.3 Å². The van der Waals surface area contributed by atoms with E-state index in [0.29, 0.717) is 5.13 Å². The molecule has 9 heteroatoms. The molecule has 0 saturated heterocycles. The number of anilines is 1. The van der Waals surface area contributed by atoms with Gasteiger partial charge in [0.05, 0.1) is 4.90 Å². The van der Waals surface area contributed by atoms with Gasteiger partial charge in [-0.05, 0) is 32.0 Å². The number of amides is 1. The van der Waals surface area contributed by atoms with Crippen molar-refractivity contribution < 1.29 is 13.2 Å². The molecule has 0 radical (unpaired) electrons. The predicted molar refractivity (Wildman–Crippen MR) is 98.5 cm³/mol. The second-order valence-corrected chi connectivity index (χ2v) is 9.20. The quantitative estimate of drug-likeness (QED) is 0.829. The van der Waals surface area contributed by atoms with E-state index < -0.39 is 15.9 Å². The fourth-order valence-electron chi connectivity index (χ4n) is 1.93. The molecule has 25 heavy (non-hydrogen) atoms. The van der Waals surface area contributed by atoms with E-state index in [1.807, 2.05) is 13.8 Å². The number of carbonyl (C=O) groups is 1. The molecule has 0 aliphatic heterocycles. The molecular weight excluding hydrogens is 360 g/mol. The highest BCUT2D eigenvalue weighted by molar-refractivity contribution is 7.89. The molecule has 0 spiro atoms. The molecule has 1 aromatic carbocycles. The zero-order chi connectivity index (χ0) is 18.8. The highest BCUT2D eigenvalue weighted by atomic mass is 32.2. The smallest absolute Gasteiger partial charge is 0.257 e. The first kappa shape index (κ1) is 19.5. The van der Waals surface area contributed by atoms with Gasteiger partial charge in [0.25, 0.3) is 5.91 Å². The van der Waals surface area contributed by atoms with Crippen LogP contribution in [0.15, 0.2) is 29.2 Å². The number of aromatic nitrogens is 2. The average Bonchev–Trinajstić information content (AvgIpc) is 3.02. The molecule has 2 aromatic rings. The lowest BCUT2D eigenvalue weighted by atomic mass is 10.2. The summed E-state index contributed by atoms with van der Waals surface area (Å²) in [5, 5.41) is 11.8. The van der Waals surface area contributed by atoms with Crippen molar-refractivity contribution in [3.8, 4) is 0 Å². The molecular formula is C16H22N4O3S2. The maximum absolute atomic E-state index is 12.6. The summed E-state index contributed by atoms with van der Waals surface area (Å²) in [4.78, 5) is 12.5. The Morgan fingerprint density at radius 1 is 1.20 bits per heavy atom. The summed E-state index contributed by atoms with van der Waals surface area (Å²) < 4.78 is 26.4. The molecule has 7 nitrogen and oxygen atoms in total. The predicted octanol–water partition coefficient (Wildman–Crippen LogP) is 2.94. The molecule has 2 rings (SSSR count). The molecule has 1 aromatic heterocycles. The van der Waals surface area contributed by atoms with Crippen molar-refractivity contribution in [1.29, 1.82) is 0 Å². The third kappa shape index (κ3) is 4.42. The lowest BCUT2D eigenvalue weighted by molar-refractivity contribution is 0.102. The molecule has 0 bridgehead atoms. The number of hydrogen-bond donors (Lipinski definition) is 1. The van der Waals surface area contributed by atoms with Crippen LogP contribution in [0.5, 0.6) is 0 Å². The Kier molecular flexibility index (Phi) is 5.91. The van der Waals surface area contributed by atoms with Gasteiger partial charge in [-0.2, -0.15) is 4.31 Å². The molecule has 0 fully saturated rings. The van der Waals surface area contributed by atoms with E-state index in [2.05, 4.69) is 15.5 Å².